The molecule has 0 fully saturated rings. The Morgan fingerprint density at radius 2 is 2.17 bits per heavy atom. The lowest BCUT2D eigenvalue weighted by atomic mass is 10.0. The average molecular weight is 383 g/mol. The van der Waals surface area contributed by atoms with Crippen molar-refractivity contribution in [3.63, 3.8) is 0 Å². The van der Waals surface area contributed by atoms with E-state index in [0.29, 0.717) is 10.0 Å². The van der Waals surface area contributed by atoms with Gasteiger partial charge in [-0.15, -0.1) is 11.3 Å². The number of fused-ring (bicyclic) bond motifs is 3. The number of hydrogen-bond donors (Lipinski definition) is 3. The first-order valence-corrected chi connectivity index (χ1v) is 9.64. The summed E-state index contributed by atoms with van der Waals surface area (Å²) in [5.41, 5.74) is 2.87. The number of hydrogen-bond acceptors (Lipinski definition) is 3. The maximum Gasteiger partial charge on any atom is 0.256 e. The Morgan fingerprint density at radius 3 is 2.92 bits per heavy atom. The number of thiophene rings is 1. The zero-order valence-electron chi connectivity index (χ0n) is 13.2. The average Bonchev–Trinajstić information content (AvgIpc) is 2.92. The Kier molecular flexibility index (Phi) is 4.21. The van der Waals surface area contributed by atoms with Gasteiger partial charge in [0.05, 0.1) is 23.5 Å². The molecule has 1 aromatic heterocycles. The third-order valence-electron chi connectivity index (χ3n) is 4.78. The second-order valence-corrected chi connectivity index (χ2v) is 8.15. The van der Waals surface area contributed by atoms with Gasteiger partial charge in [-0.05, 0) is 24.6 Å². The lowest BCUT2D eigenvalue weighted by Gasteiger charge is -2.27. The van der Waals surface area contributed by atoms with Crippen LogP contribution in [0.1, 0.15) is 39.5 Å². The molecule has 126 valence electrons. The Bertz CT molecular complexity index is 820. The zero-order valence-corrected chi connectivity index (χ0v) is 15.5. The van der Waals surface area contributed by atoms with Crippen molar-refractivity contribution in [2.45, 2.75) is 26.1 Å². The number of carbonyl (C=O) groups excluding carboxylic acids is 1. The van der Waals surface area contributed by atoms with Gasteiger partial charge >= 0.3 is 0 Å². The third-order valence-corrected chi connectivity index (χ3v) is 6.51. The van der Waals surface area contributed by atoms with E-state index in [0.717, 1.165) is 42.2 Å². The van der Waals surface area contributed by atoms with Gasteiger partial charge in [0.1, 0.15) is 17.7 Å². The first-order chi connectivity index (χ1) is 11.6. The summed E-state index contributed by atoms with van der Waals surface area (Å²) in [5, 5.41) is 8.56. The number of quaternary nitrogens is 1. The van der Waals surface area contributed by atoms with E-state index < -0.39 is 0 Å². The molecule has 1 unspecified atom stereocenters. The molecule has 4 rings (SSSR count). The summed E-state index contributed by atoms with van der Waals surface area (Å²) >= 11 is 14.0. The minimum absolute atomic E-state index is 0.0165. The number of halogens is 2. The van der Waals surface area contributed by atoms with Crippen molar-refractivity contribution >= 4 is 45.4 Å². The van der Waals surface area contributed by atoms with Crippen LogP contribution < -0.4 is 15.5 Å². The van der Waals surface area contributed by atoms with Crippen LogP contribution in [0.15, 0.2) is 18.2 Å². The fourth-order valence-electron chi connectivity index (χ4n) is 3.44. The number of nitrogens with one attached hydrogen (secondary N) is 3. The quantitative estimate of drug-likeness (QED) is 0.747. The van der Waals surface area contributed by atoms with Gasteiger partial charge in [0.25, 0.3) is 5.91 Å². The van der Waals surface area contributed by atoms with Crippen molar-refractivity contribution in [2.24, 2.45) is 0 Å². The van der Waals surface area contributed by atoms with Gasteiger partial charge in [0.2, 0.25) is 0 Å². The molecule has 0 saturated heterocycles. The van der Waals surface area contributed by atoms with Crippen molar-refractivity contribution in [3.05, 3.63) is 49.8 Å². The smallest absolute Gasteiger partial charge is 0.256 e. The molecule has 0 radical (unpaired) electrons. The molecule has 2 atom stereocenters. The molecule has 2 aromatic rings. The maximum atomic E-state index is 12.7. The minimum atomic E-state index is -0.329. The lowest BCUT2D eigenvalue weighted by molar-refractivity contribution is -0.913. The predicted octanol–water partition coefficient (Wildman–Crippen LogP) is 2.87. The summed E-state index contributed by atoms with van der Waals surface area (Å²) in [6.07, 6.45) is 0.635. The number of rotatable bonds is 2. The highest BCUT2D eigenvalue weighted by atomic mass is 35.5. The van der Waals surface area contributed by atoms with Crippen LogP contribution in [0.2, 0.25) is 10.0 Å². The molecule has 1 amide bonds. The second kappa shape index (κ2) is 6.23. The van der Waals surface area contributed by atoms with Crippen LogP contribution in [-0.2, 0) is 13.0 Å². The Morgan fingerprint density at radius 1 is 1.33 bits per heavy atom. The topological polar surface area (TPSA) is 45.6 Å². The second-order valence-electron chi connectivity index (χ2n) is 6.20. The number of anilines is 1. The molecule has 2 aliphatic heterocycles. The van der Waals surface area contributed by atoms with Crippen LogP contribution in [0.5, 0.6) is 0 Å². The Hall–Kier alpha value is -1.27. The van der Waals surface area contributed by atoms with E-state index in [2.05, 4.69) is 17.6 Å². The minimum Gasteiger partial charge on any atom is -0.353 e. The molecule has 24 heavy (non-hydrogen) atoms. The molecule has 0 bridgehead atoms. The van der Waals surface area contributed by atoms with Gasteiger partial charge in [-0.25, -0.2) is 0 Å². The van der Waals surface area contributed by atoms with Crippen LogP contribution >= 0.6 is 34.5 Å². The Balaban J connectivity index is 1.68. The third kappa shape index (κ3) is 2.69. The predicted molar refractivity (Wildman–Crippen MR) is 98.4 cm³/mol. The van der Waals surface area contributed by atoms with Crippen LogP contribution in [0.3, 0.4) is 0 Å². The molecule has 3 N–H and O–H groups in total. The number of amides is 1. The van der Waals surface area contributed by atoms with Gasteiger partial charge in [0, 0.05) is 22.0 Å². The number of carbonyl (C=O) groups is 1. The monoisotopic (exact) mass is 382 g/mol. The fourth-order valence-corrected chi connectivity index (χ4v) is 5.30. The molecule has 0 aliphatic carbocycles. The highest BCUT2D eigenvalue weighted by molar-refractivity contribution is 7.16. The standard InChI is InChI=1S/C17H17Cl2N3OS/c1-2-22-6-5-11-13(8-22)24-17-14(11)16(23)20-15(21-17)10-4-3-9(18)7-12(10)19/h3-4,7,15,21H,2,5-6,8H2,1H3,(H,20,23)/p+1/t15-/m1/s1. The zero-order chi connectivity index (χ0) is 16.8. The van der Waals surface area contributed by atoms with E-state index >= 15 is 0 Å². The number of benzene rings is 1. The summed E-state index contributed by atoms with van der Waals surface area (Å²) in [5.74, 6) is -0.0165. The molecule has 4 nitrogen and oxygen atoms in total. The van der Waals surface area contributed by atoms with E-state index in [-0.39, 0.29) is 12.1 Å². The summed E-state index contributed by atoms with van der Waals surface area (Å²) < 4.78 is 0. The van der Waals surface area contributed by atoms with Crippen molar-refractivity contribution in [1.29, 1.82) is 0 Å². The molecule has 7 heteroatoms. The van der Waals surface area contributed by atoms with E-state index in [1.165, 1.54) is 10.4 Å². The maximum absolute atomic E-state index is 12.7. The van der Waals surface area contributed by atoms with Crippen molar-refractivity contribution in [2.75, 3.05) is 18.4 Å². The van der Waals surface area contributed by atoms with E-state index in [9.17, 15) is 4.79 Å². The van der Waals surface area contributed by atoms with E-state index in [1.807, 2.05) is 6.07 Å². The van der Waals surface area contributed by atoms with E-state index in [1.54, 1.807) is 28.4 Å². The van der Waals surface area contributed by atoms with Crippen LogP contribution in [0.25, 0.3) is 0 Å². The Labute approximate surface area is 154 Å². The first-order valence-electron chi connectivity index (χ1n) is 8.07. The summed E-state index contributed by atoms with van der Waals surface area (Å²) in [7, 11) is 0. The SMILES string of the molecule is CC[NH+]1CCc2c(sc3c2C(=O)N[C@@H](c2ccc(Cl)cc2Cl)N3)C1. The lowest BCUT2D eigenvalue weighted by Crippen LogP contribution is -3.11. The van der Waals surface area contributed by atoms with Gasteiger partial charge < -0.3 is 15.5 Å². The molecule has 0 spiro atoms. The number of likely N-dealkylation sites (N-methyl/N-ethyl adjacent to an activating group) is 1. The van der Waals surface area contributed by atoms with Gasteiger partial charge in [-0.1, -0.05) is 29.3 Å². The van der Waals surface area contributed by atoms with Crippen LogP contribution in [-0.4, -0.2) is 19.0 Å². The highest BCUT2D eigenvalue weighted by Gasteiger charge is 2.34. The van der Waals surface area contributed by atoms with Gasteiger partial charge in [-0.2, -0.15) is 0 Å². The van der Waals surface area contributed by atoms with Crippen LogP contribution in [0.4, 0.5) is 5.00 Å². The molecule has 3 heterocycles. The largest absolute Gasteiger partial charge is 0.353 e. The van der Waals surface area contributed by atoms with Crippen molar-refractivity contribution in [1.82, 2.24) is 5.32 Å². The van der Waals surface area contributed by atoms with Crippen LogP contribution in [0, 0.1) is 0 Å². The van der Waals surface area contributed by atoms with Gasteiger partial charge in [0.15, 0.2) is 0 Å². The molecule has 1 aromatic carbocycles. The fraction of sp³-hybridized carbons (Fsp3) is 0.353. The summed E-state index contributed by atoms with van der Waals surface area (Å²) in [6, 6.07) is 5.34. The highest BCUT2D eigenvalue weighted by Crippen LogP contribution is 2.40. The van der Waals surface area contributed by atoms with Crippen molar-refractivity contribution < 1.29 is 9.69 Å². The molecular weight excluding hydrogens is 365 g/mol. The normalized spacial score (nSPS) is 22.4. The van der Waals surface area contributed by atoms with E-state index in [4.69, 9.17) is 23.2 Å². The summed E-state index contributed by atoms with van der Waals surface area (Å²) in [6.45, 7) is 5.42. The summed E-state index contributed by atoms with van der Waals surface area (Å²) in [4.78, 5) is 15.6. The molecule has 0 saturated carbocycles. The molecular formula is C17H18Cl2N3OS+. The van der Waals surface area contributed by atoms with Crippen molar-refractivity contribution in [3.8, 4) is 0 Å². The first kappa shape index (κ1) is 16.2. The molecule has 2 aliphatic rings. The van der Waals surface area contributed by atoms with Gasteiger partial charge in [-0.3, -0.25) is 4.79 Å².